The van der Waals surface area contributed by atoms with Gasteiger partial charge in [-0.2, -0.15) is 0 Å². The van der Waals surface area contributed by atoms with E-state index < -0.39 is 0 Å². The van der Waals surface area contributed by atoms with Gasteiger partial charge in [-0.25, -0.2) is 9.37 Å². The predicted octanol–water partition coefficient (Wildman–Crippen LogP) is 2.95. The number of rotatable bonds is 4. The van der Waals surface area contributed by atoms with Crippen LogP contribution in [0.3, 0.4) is 0 Å². The highest BCUT2D eigenvalue weighted by atomic mass is 35.5. The number of hydrogen-bond donors (Lipinski definition) is 2. The minimum atomic E-state index is -0.364. The van der Waals surface area contributed by atoms with Crippen LogP contribution in [-0.2, 0) is 0 Å². The molecule has 0 aliphatic heterocycles. The van der Waals surface area contributed by atoms with Gasteiger partial charge in [0.1, 0.15) is 11.6 Å². The molecule has 0 unspecified atom stereocenters. The van der Waals surface area contributed by atoms with Crippen LogP contribution < -0.4 is 5.32 Å². The molecule has 0 aliphatic carbocycles. The lowest BCUT2D eigenvalue weighted by Gasteiger charge is -2.08. The van der Waals surface area contributed by atoms with Gasteiger partial charge in [-0.15, -0.1) is 0 Å². The summed E-state index contributed by atoms with van der Waals surface area (Å²) in [7, 11) is 0. The third-order valence-electron chi connectivity index (χ3n) is 2.42. The van der Waals surface area contributed by atoms with Crippen LogP contribution in [0, 0.1) is 5.82 Å². The molecular weight excluding hydrogens is 255 g/mol. The molecule has 2 aromatic rings. The molecule has 0 fully saturated rings. The molecule has 0 saturated carbocycles. The van der Waals surface area contributed by atoms with E-state index >= 15 is 0 Å². The van der Waals surface area contributed by atoms with Crippen molar-refractivity contribution in [3.8, 4) is 11.1 Å². The molecule has 0 bridgehead atoms. The third-order valence-corrected chi connectivity index (χ3v) is 2.73. The van der Waals surface area contributed by atoms with Crippen molar-refractivity contribution in [2.45, 2.75) is 0 Å². The first-order valence-corrected chi connectivity index (χ1v) is 5.84. The summed E-state index contributed by atoms with van der Waals surface area (Å²) in [5, 5.41) is 12.0. The maximum Gasteiger partial charge on any atom is 0.126 e. The molecule has 0 amide bonds. The molecule has 1 aromatic heterocycles. The average Bonchev–Trinajstić information content (AvgIpc) is 2.36. The van der Waals surface area contributed by atoms with E-state index in [-0.39, 0.29) is 12.4 Å². The number of anilines is 1. The summed E-state index contributed by atoms with van der Waals surface area (Å²) in [6.45, 7) is 0.455. The van der Waals surface area contributed by atoms with Gasteiger partial charge in [-0.1, -0.05) is 11.6 Å². The van der Waals surface area contributed by atoms with Gasteiger partial charge >= 0.3 is 0 Å². The molecule has 2 rings (SSSR count). The summed E-state index contributed by atoms with van der Waals surface area (Å²) < 4.78 is 13.0. The number of aliphatic hydroxyl groups is 1. The maximum atomic E-state index is 13.0. The van der Waals surface area contributed by atoms with Crippen LogP contribution in [0.1, 0.15) is 0 Å². The number of aliphatic hydroxyl groups excluding tert-OH is 1. The highest BCUT2D eigenvalue weighted by molar-refractivity contribution is 6.33. The topological polar surface area (TPSA) is 45.1 Å². The van der Waals surface area contributed by atoms with Crippen LogP contribution in [-0.4, -0.2) is 23.2 Å². The molecule has 0 aliphatic rings. The fourth-order valence-corrected chi connectivity index (χ4v) is 1.88. The number of nitrogens with one attached hydrogen (secondary N) is 1. The SMILES string of the molecule is OCCNc1cc(-c2ccc(F)cc2Cl)ccn1. The van der Waals surface area contributed by atoms with Crippen molar-refractivity contribution in [1.29, 1.82) is 0 Å². The van der Waals surface area contributed by atoms with Crippen molar-refractivity contribution in [1.82, 2.24) is 4.98 Å². The molecule has 0 spiro atoms. The number of halogens is 2. The summed E-state index contributed by atoms with van der Waals surface area (Å²) in [4.78, 5) is 4.11. The normalized spacial score (nSPS) is 10.4. The average molecular weight is 267 g/mol. The maximum absolute atomic E-state index is 13.0. The minimum absolute atomic E-state index is 0.0310. The quantitative estimate of drug-likeness (QED) is 0.894. The summed E-state index contributed by atoms with van der Waals surface area (Å²) in [5.74, 6) is 0.276. The molecule has 18 heavy (non-hydrogen) atoms. The molecule has 3 nitrogen and oxygen atoms in total. The van der Waals surface area contributed by atoms with Crippen molar-refractivity contribution in [3.05, 3.63) is 47.4 Å². The van der Waals surface area contributed by atoms with Gasteiger partial charge in [0.15, 0.2) is 0 Å². The van der Waals surface area contributed by atoms with Gasteiger partial charge in [0.2, 0.25) is 0 Å². The molecule has 0 saturated heterocycles. The van der Waals surface area contributed by atoms with E-state index in [0.29, 0.717) is 17.4 Å². The molecule has 0 radical (unpaired) electrons. The number of pyridine rings is 1. The van der Waals surface area contributed by atoms with Crippen LogP contribution in [0.4, 0.5) is 10.2 Å². The first-order chi connectivity index (χ1) is 8.70. The Hall–Kier alpha value is -1.65. The summed E-state index contributed by atoms with van der Waals surface area (Å²) in [6.07, 6.45) is 1.63. The second-order valence-electron chi connectivity index (χ2n) is 3.70. The second kappa shape index (κ2) is 5.80. The third kappa shape index (κ3) is 2.97. The zero-order valence-corrected chi connectivity index (χ0v) is 10.3. The second-order valence-corrected chi connectivity index (χ2v) is 4.11. The van der Waals surface area contributed by atoms with Gasteiger partial charge in [0.05, 0.1) is 11.6 Å². The Kier molecular flexibility index (Phi) is 4.12. The van der Waals surface area contributed by atoms with E-state index in [1.165, 1.54) is 12.1 Å². The molecular formula is C13H12ClFN2O. The fourth-order valence-electron chi connectivity index (χ4n) is 1.60. The standard InChI is InChI=1S/C13H12ClFN2O/c14-12-8-10(15)1-2-11(12)9-3-4-16-13(7-9)17-5-6-18/h1-4,7-8,18H,5-6H2,(H,16,17). The Morgan fingerprint density at radius 1 is 1.28 bits per heavy atom. The molecule has 1 aromatic carbocycles. The number of hydrogen-bond acceptors (Lipinski definition) is 3. The van der Waals surface area contributed by atoms with Crippen molar-refractivity contribution in [2.24, 2.45) is 0 Å². The minimum Gasteiger partial charge on any atom is -0.395 e. The highest BCUT2D eigenvalue weighted by Gasteiger charge is 2.05. The lowest BCUT2D eigenvalue weighted by molar-refractivity contribution is 0.311. The number of aromatic nitrogens is 1. The Bertz CT molecular complexity index is 548. The van der Waals surface area contributed by atoms with Crippen LogP contribution in [0.2, 0.25) is 5.02 Å². The fraction of sp³-hybridized carbons (Fsp3) is 0.154. The van der Waals surface area contributed by atoms with E-state index in [2.05, 4.69) is 10.3 Å². The van der Waals surface area contributed by atoms with Crippen LogP contribution in [0.5, 0.6) is 0 Å². The smallest absolute Gasteiger partial charge is 0.126 e. The van der Waals surface area contributed by atoms with Crippen LogP contribution in [0.25, 0.3) is 11.1 Å². The largest absolute Gasteiger partial charge is 0.395 e. The van der Waals surface area contributed by atoms with Gasteiger partial charge in [-0.05, 0) is 35.9 Å². The van der Waals surface area contributed by atoms with E-state index in [1.807, 2.05) is 0 Å². The van der Waals surface area contributed by atoms with Gasteiger partial charge in [0, 0.05) is 18.3 Å². The van der Waals surface area contributed by atoms with E-state index in [4.69, 9.17) is 16.7 Å². The van der Waals surface area contributed by atoms with Crippen molar-refractivity contribution in [2.75, 3.05) is 18.5 Å². The Morgan fingerprint density at radius 2 is 2.11 bits per heavy atom. The molecule has 5 heteroatoms. The molecule has 94 valence electrons. The zero-order valence-electron chi connectivity index (χ0n) is 9.53. The molecule has 2 N–H and O–H groups in total. The molecule has 1 heterocycles. The predicted molar refractivity (Wildman–Crippen MR) is 70.2 cm³/mol. The van der Waals surface area contributed by atoms with Gasteiger partial charge < -0.3 is 10.4 Å². The Morgan fingerprint density at radius 3 is 2.83 bits per heavy atom. The summed E-state index contributed by atoms with van der Waals surface area (Å²) in [6, 6.07) is 7.86. The van der Waals surface area contributed by atoms with E-state index in [1.54, 1.807) is 24.4 Å². The van der Waals surface area contributed by atoms with Crippen molar-refractivity contribution in [3.63, 3.8) is 0 Å². The number of nitrogens with zero attached hydrogens (tertiary/aromatic N) is 1. The van der Waals surface area contributed by atoms with E-state index in [9.17, 15) is 4.39 Å². The van der Waals surface area contributed by atoms with Crippen LogP contribution >= 0.6 is 11.6 Å². The lowest BCUT2D eigenvalue weighted by atomic mass is 10.1. The van der Waals surface area contributed by atoms with Gasteiger partial charge in [-0.3, -0.25) is 0 Å². The first-order valence-electron chi connectivity index (χ1n) is 5.47. The van der Waals surface area contributed by atoms with Crippen molar-refractivity contribution < 1.29 is 9.50 Å². The monoisotopic (exact) mass is 266 g/mol. The molecule has 0 atom stereocenters. The number of benzene rings is 1. The summed E-state index contributed by atoms with van der Waals surface area (Å²) in [5.41, 5.74) is 1.59. The van der Waals surface area contributed by atoms with Crippen LogP contribution in [0.15, 0.2) is 36.5 Å². The van der Waals surface area contributed by atoms with E-state index in [0.717, 1.165) is 11.1 Å². The summed E-state index contributed by atoms with van der Waals surface area (Å²) >= 11 is 6.00. The highest BCUT2D eigenvalue weighted by Crippen LogP contribution is 2.29. The Balaban J connectivity index is 2.32. The zero-order chi connectivity index (χ0) is 13.0. The lowest BCUT2D eigenvalue weighted by Crippen LogP contribution is -2.06. The van der Waals surface area contributed by atoms with Gasteiger partial charge in [0.25, 0.3) is 0 Å². The Labute approximate surface area is 109 Å². The van der Waals surface area contributed by atoms with Crippen molar-refractivity contribution >= 4 is 17.4 Å². The first kappa shape index (κ1) is 12.8.